The van der Waals surface area contributed by atoms with Crippen molar-refractivity contribution in [2.75, 3.05) is 33.3 Å². The van der Waals surface area contributed by atoms with Crippen LogP contribution in [0.1, 0.15) is 37.0 Å². The van der Waals surface area contributed by atoms with Gasteiger partial charge in [-0.1, -0.05) is 43.3 Å². The van der Waals surface area contributed by atoms with Gasteiger partial charge in [0.2, 0.25) is 5.91 Å². The van der Waals surface area contributed by atoms with Crippen molar-refractivity contribution in [3.05, 3.63) is 48.0 Å². The van der Waals surface area contributed by atoms with E-state index in [1.807, 2.05) is 54.3 Å². The summed E-state index contributed by atoms with van der Waals surface area (Å²) in [4.78, 5) is 41.4. The van der Waals surface area contributed by atoms with E-state index < -0.39 is 0 Å². The van der Waals surface area contributed by atoms with Crippen molar-refractivity contribution in [1.29, 1.82) is 0 Å². The Kier molecular flexibility index (Phi) is 7.08. The maximum Gasteiger partial charge on any atom is 0.310 e. The average molecular weight is 411 g/mol. The molecule has 1 saturated heterocycles. The number of ether oxygens (including phenoxy) is 1. The number of nitrogens with zero attached hydrogens (tertiary/aromatic N) is 2. The number of amides is 2. The minimum atomic E-state index is -0.355. The molecule has 0 radical (unpaired) electrons. The van der Waals surface area contributed by atoms with Gasteiger partial charge in [-0.3, -0.25) is 14.4 Å². The number of piperidine rings is 1. The van der Waals surface area contributed by atoms with Crippen LogP contribution in [0.15, 0.2) is 42.5 Å². The van der Waals surface area contributed by atoms with Crippen LogP contribution in [0.5, 0.6) is 0 Å². The van der Waals surface area contributed by atoms with E-state index in [4.69, 9.17) is 4.74 Å². The molecule has 0 saturated carbocycles. The molecular formula is C24H30N2O4. The number of carbonyl (C=O) groups excluding carboxylic acids is 3. The summed E-state index contributed by atoms with van der Waals surface area (Å²) >= 11 is 0. The number of esters is 1. The average Bonchev–Trinajstić information content (AvgIpc) is 2.80. The Morgan fingerprint density at radius 2 is 1.77 bits per heavy atom. The third kappa shape index (κ3) is 4.64. The topological polar surface area (TPSA) is 66.9 Å². The van der Waals surface area contributed by atoms with Gasteiger partial charge < -0.3 is 14.5 Å². The van der Waals surface area contributed by atoms with Gasteiger partial charge in [-0.05, 0) is 36.6 Å². The van der Waals surface area contributed by atoms with Gasteiger partial charge in [0, 0.05) is 37.7 Å². The van der Waals surface area contributed by atoms with Crippen LogP contribution < -0.4 is 0 Å². The summed E-state index contributed by atoms with van der Waals surface area (Å²) in [6.45, 7) is 5.71. The summed E-state index contributed by atoms with van der Waals surface area (Å²) in [6, 6.07) is 13.7. The van der Waals surface area contributed by atoms with Crippen LogP contribution >= 0.6 is 0 Å². The van der Waals surface area contributed by atoms with E-state index in [-0.39, 0.29) is 29.6 Å². The molecule has 0 N–H and O–H groups in total. The van der Waals surface area contributed by atoms with Crippen molar-refractivity contribution < 1.29 is 19.1 Å². The summed E-state index contributed by atoms with van der Waals surface area (Å²) in [6.07, 6.45) is 1.27. The molecule has 1 atom stereocenters. The highest BCUT2D eigenvalue weighted by atomic mass is 16.5. The fraction of sp³-hybridized carbons (Fsp3) is 0.458. The molecule has 1 unspecified atom stereocenters. The molecule has 0 aliphatic carbocycles. The van der Waals surface area contributed by atoms with Gasteiger partial charge in [0.1, 0.15) is 0 Å². The summed E-state index contributed by atoms with van der Waals surface area (Å²) in [5.41, 5.74) is 0.708. The Balaban J connectivity index is 1.63. The molecular weight excluding hydrogens is 380 g/mol. The van der Waals surface area contributed by atoms with Crippen molar-refractivity contribution in [2.24, 2.45) is 11.8 Å². The normalized spacial score (nSPS) is 15.6. The molecule has 2 aromatic rings. The van der Waals surface area contributed by atoms with Gasteiger partial charge in [0.15, 0.2) is 0 Å². The van der Waals surface area contributed by atoms with Crippen LogP contribution in [0.4, 0.5) is 0 Å². The van der Waals surface area contributed by atoms with Crippen molar-refractivity contribution in [3.63, 3.8) is 0 Å². The smallest absolute Gasteiger partial charge is 0.310 e. The van der Waals surface area contributed by atoms with Crippen molar-refractivity contribution in [3.8, 4) is 0 Å². The second-order valence-electron chi connectivity index (χ2n) is 7.89. The first-order chi connectivity index (χ1) is 14.5. The lowest BCUT2D eigenvalue weighted by Gasteiger charge is -2.34. The molecule has 2 amide bonds. The Labute approximate surface area is 177 Å². The monoisotopic (exact) mass is 410 g/mol. The fourth-order valence-electron chi connectivity index (χ4n) is 4.15. The van der Waals surface area contributed by atoms with Gasteiger partial charge in [-0.25, -0.2) is 0 Å². The van der Waals surface area contributed by atoms with E-state index in [0.717, 1.165) is 10.8 Å². The van der Waals surface area contributed by atoms with E-state index in [0.29, 0.717) is 44.6 Å². The zero-order valence-electron chi connectivity index (χ0n) is 18.0. The molecule has 0 aromatic heterocycles. The number of rotatable bonds is 6. The van der Waals surface area contributed by atoms with Crippen molar-refractivity contribution in [2.45, 2.75) is 26.7 Å². The zero-order valence-corrected chi connectivity index (χ0v) is 18.0. The maximum absolute atomic E-state index is 13.1. The molecule has 1 heterocycles. The quantitative estimate of drug-likeness (QED) is 0.685. The molecule has 0 spiro atoms. The molecule has 30 heavy (non-hydrogen) atoms. The lowest BCUT2D eigenvalue weighted by Crippen LogP contribution is -2.46. The van der Waals surface area contributed by atoms with Crippen LogP contribution in [0.3, 0.4) is 0 Å². The number of benzene rings is 2. The van der Waals surface area contributed by atoms with Crippen molar-refractivity contribution in [1.82, 2.24) is 9.80 Å². The second kappa shape index (κ2) is 9.74. The first-order valence-electron chi connectivity index (χ1n) is 10.6. The standard InChI is InChI=1S/C24H30N2O4/c1-4-25(16-17(2)24(29)30-3)22(27)19-12-14-26(15-13-19)23(28)21-11-7-9-18-8-5-6-10-20(18)21/h5-11,17,19H,4,12-16H2,1-3H3. The highest BCUT2D eigenvalue weighted by molar-refractivity contribution is 6.07. The molecule has 6 nitrogen and oxygen atoms in total. The van der Waals surface area contributed by atoms with E-state index in [2.05, 4.69) is 0 Å². The number of fused-ring (bicyclic) bond motifs is 1. The first-order valence-corrected chi connectivity index (χ1v) is 10.6. The van der Waals surface area contributed by atoms with E-state index in [1.54, 1.807) is 11.8 Å². The molecule has 1 aliphatic heterocycles. The third-order valence-corrected chi connectivity index (χ3v) is 5.94. The van der Waals surface area contributed by atoms with Gasteiger partial charge in [-0.15, -0.1) is 0 Å². The van der Waals surface area contributed by atoms with Crippen LogP contribution in [0.2, 0.25) is 0 Å². The van der Waals surface area contributed by atoms with Crippen LogP contribution in [0.25, 0.3) is 10.8 Å². The van der Waals surface area contributed by atoms with Gasteiger partial charge >= 0.3 is 5.97 Å². The largest absolute Gasteiger partial charge is 0.469 e. The molecule has 1 fully saturated rings. The lowest BCUT2D eigenvalue weighted by molar-refractivity contribution is -0.147. The van der Waals surface area contributed by atoms with Gasteiger partial charge in [-0.2, -0.15) is 0 Å². The van der Waals surface area contributed by atoms with E-state index in [9.17, 15) is 14.4 Å². The Morgan fingerprint density at radius 3 is 2.43 bits per heavy atom. The minimum absolute atomic E-state index is 0.0179. The van der Waals surface area contributed by atoms with E-state index in [1.165, 1.54) is 7.11 Å². The summed E-state index contributed by atoms with van der Waals surface area (Å²) in [5.74, 6) is -0.704. The van der Waals surface area contributed by atoms with E-state index >= 15 is 0 Å². The predicted octanol–water partition coefficient (Wildman–Crippen LogP) is 3.35. The Bertz CT molecular complexity index is 913. The third-order valence-electron chi connectivity index (χ3n) is 5.94. The Hall–Kier alpha value is -2.89. The number of carbonyl (C=O) groups is 3. The number of hydrogen-bond acceptors (Lipinski definition) is 4. The summed E-state index contributed by atoms with van der Waals surface area (Å²) in [5, 5.41) is 2.00. The Morgan fingerprint density at radius 1 is 1.10 bits per heavy atom. The fourth-order valence-corrected chi connectivity index (χ4v) is 4.15. The molecule has 6 heteroatoms. The molecule has 2 aromatic carbocycles. The van der Waals surface area contributed by atoms with Gasteiger partial charge in [0.25, 0.3) is 5.91 Å². The SMILES string of the molecule is CCN(CC(C)C(=O)OC)C(=O)C1CCN(C(=O)c2cccc3ccccc23)CC1. The number of hydrogen-bond donors (Lipinski definition) is 0. The molecule has 3 rings (SSSR count). The molecule has 1 aliphatic rings. The lowest BCUT2D eigenvalue weighted by atomic mass is 9.94. The number of methoxy groups -OCH3 is 1. The second-order valence-corrected chi connectivity index (χ2v) is 7.89. The minimum Gasteiger partial charge on any atom is -0.469 e. The zero-order chi connectivity index (χ0) is 21.7. The predicted molar refractivity (Wildman–Crippen MR) is 116 cm³/mol. The molecule has 160 valence electrons. The first kappa shape index (κ1) is 21.8. The molecule has 0 bridgehead atoms. The van der Waals surface area contributed by atoms with Crippen molar-refractivity contribution >= 4 is 28.6 Å². The van der Waals surface area contributed by atoms with Crippen LogP contribution in [-0.2, 0) is 14.3 Å². The van der Waals surface area contributed by atoms with Gasteiger partial charge in [0.05, 0.1) is 13.0 Å². The van der Waals surface area contributed by atoms with Crippen LogP contribution in [0, 0.1) is 11.8 Å². The van der Waals surface area contributed by atoms with Crippen LogP contribution in [-0.4, -0.2) is 60.9 Å². The maximum atomic E-state index is 13.1. The summed E-state index contributed by atoms with van der Waals surface area (Å²) < 4.78 is 4.77. The number of likely N-dealkylation sites (tertiary alicyclic amines) is 1. The summed E-state index contributed by atoms with van der Waals surface area (Å²) in [7, 11) is 1.36. The highest BCUT2D eigenvalue weighted by Crippen LogP contribution is 2.25. The highest BCUT2D eigenvalue weighted by Gasteiger charge is 2.31.